The number of aromatic nitrogens is 1. The minimum absolute atomic E-state index is 0.434. The molecule has 1 heterocycles. The highest BCUT2D eigenvalue weighted by Crippen LogP contribution is 2.18. The second kappa shape index (κ2) is 6.14. The first-order valence-electron chi connectivity index (χ1n) is 6.56. The zero-order valence-corrected chi connectivity index (χ0v) is 11.1. The van der Waals surface area contributed by atoms with E-state index in [1.165, 1.54) is 24.6 Å². The zero-order chi connectivity index (χ0) is 13.7. The van der Waals surface area contributed by atoms with E-state index < -0.39 is 5.91 Å². The van der Waals surface area contributed by atoms with E-state index in [0.29, 0.717) is 5.56 Å². The van der Waals surface area contributed by atoms with Crippen molar-refractivity contribution < 1.29 is 4.79 Å². The maximum absolute atomic E-state index is 11.0. The summed E-state index contributed by atoms with van der Waals surface area (Å²) in [7, 11) is 0. The van der Waals surface area contributed by atoms with Crippen LogP contribution in [-0.4, -0.2) is 10.9 Å². The van der Waals surface area contributed by atoms with Gasteiger partial charge in [0.05, 0.1) is 11.3 Å². The van der Waals surface area contributed by atoms with Gasteiger partial charge in [-0.25, -0.2) is 0 Å². The highest BCUT2D eigenvalue weighted by atomic mass is 16.1. The molecule has 0 radical (unpaired) electrons. The van der Waals surface area contributed by atoms with Crippen molar-refractivity contribution in [3.05, 3.63) is 53.7 Å². The lowest BCUT2D eigenvalue weighted by atomic mass is 10.0. The molecule has 2 rings (SSSR count). The highest BCUT2D eigenvalue weighted by Gasteiger charge is 2.03. The van der Waals surface area contributed by atoms with Gasteiger partial charge in [-0.05, 0) is 30.5 Å². The minimum Gasteiger partial charge on any atom is -0.366 e. The van der Waals surface area contributed by atoms with Crippen LogP contribution in [0.4, 0.5) is 0 Å². The normalized spacial score (nSPS) is 10.4. The number of nitrogens with two attached hydrogens (primary N) is 1. The molecule has 3 heteroatoms. The molecule has 2 aromatic rings. The van der Waals surface area contributed by atoms with Crippen molar-refractivity contribution >= 4 is 5.91 Å². The van der Waals surface area contributed by atoms with Crippen molar-refractivity contribution in [2.45, 2.75) is 26.2 Å². The molecule has 0 atom stereocenters. The molecular weight excluding hydrogens is 236 g/mol. The number of unbranched alkanes of at least 4 members (excludes halogenated alkanes) is 1. The number of hydrogen-bond donors (Lipinski definition) is 1. The van der Waals surface area contributed by atoms with E-state index in [1.807, 2.05) is 6.07 Å². The van der Waals surface area contributed by atoms with Crippen LogP contribution in [0.2, 0.25) is 0 Å². The Kier molecular flexibility index (Phi) is 4.29. The Morgan fingerprint density at radius 1 is 1.16 bits per heavy atom. The molecule has 0 fully saturated rings. The number of rotatable bonds is 5. The standard InChI is InChI=1S/C16H18N2O/c1-2-3-4-12-5-7-13(8-6-12)15-10-9-14(11-18-15)16(17)19/h5-11H,2-4H2,1H3,(H2,17,19). The average molecular weight is 254 g/mol. The Morgan fingerprint density at radius 2 is 1.89 bits per heavy atom. The lowest BCUT2D eigenvalue weighted by Crippen LogP contribution is -2.10. The number of hydrogen-bond acceptors (Lipinski definition) is 2. The van der Waals surface area contributed by atoms with Crippen LogP contribution in [0.25, 0.3) is 11.3 Å². The Bertz CT molecular complexity index is 544. The SMILES string of the molecule is CCCCc1ccc(-c2ccc(C(N)=O)cn2)cc1. The molecule has 1 amide bonds. The Labute approximate surface area is 113 Å². The Balaban J connectivity index is 2.15. The van der Waals surface area contributed by atoms with Gasteiger partial charge in [0.15, 0.2) is 0 Å². The van der Waals surface area contributed by atoms with E-state index in [0.717, 1.165) is 17.7 Å². The molecule has 1 aromatic carbocycles. The quantitative estimate of drug-likeness (QED) is 0.890. The molecule has 0 aliphatic rings. The largest absolute Gasteiger partial charge is 0.366 e. The molecular formula is C16H18N2O. The summed E-state index contributed by atoms with van der Waals surface area (Å²) in [5.41, 5.74) is 8.88. The number of benzene rings is 1. The van der Waals surface area contributed by atoms with Gasteiger partial charge in [0.25, 0.3) is 0 Å². The van der Waals surface area contributed by atoms with Crippen LogP contribution >= 0.6 is 0 Å². The van der Waals surface area contributed by atoms with Gasteiger partial charge in [0.2, 0.25) is 5.91 Å². The molecule has 0 spiro atoms. The van der Waals surface area contributed by atoms with Gasteiger partial charge in [-0.2, -0.15) is 0 Å². The van der Waals surface area contributed by atoms with Crippen molar-refractivity contribution in [2.75, 3.05) is 0 Å². The van der Waals surface area contributed by atoms with Crippen molar-refractivity contribution in [1.82, 2.24) is 4.98 Å². The van der Waals surface area contributed by atoms with E-state index >= 15 is 0 Å². The Morgan fingerprint density at radius 3 is 2.42 bits per heavy atom. The summed E-state index contributed by atoms with van der Waals surface area (Å²) in [5, 5.41) is 0. The summed E-state index contributed by atoms with van der Waals surface area (Å²) in [6.45, 7) is 2.19. The third-order valence-corrected chi connectivity index (χ3v) is 3.12. The predicted molar refractivity (Wildman–Crippen MR) is 76.8 cm³/mol. The average Bonchev–Trinajstić information content (AvgIpc) is 2.46. The molecule has 2 N–H and O–H groups in total. The van der Waals surface area contributed by atoms with Crippen LogP contribution in [-0.2, 0) is 6.42 Å². The molecule has 3 nitrogen and oxygen atoms in total. The second-order valence-electron chi connectivity index (χ2n) is 4.60. The van der Waals surface area contributed by atoms with Crippen LogP contribution in [0.3, 0.4) is 0 Å². The van der Waals surface area contributed by atoms with Gasteiger partial charge >= 0.3 is 0 Å². The highest BCUT2D eigenvalue weighted by molar-refractivity contribution is 5.92. The summed E-state index contributed by atoms with van der Waals surface area (Å²) in [5.74, 6) is -0.450. The van der Waals surface area contributed by atoms with Crippen LogP contribution in [0.15, 0.2) is 42.6 Å². The van der Waals surface area contributed by atoms with E-state index in [1.54, 1.807) is 6.07 Å². The fourth-order valence-corrected chi connectivity index (χ4v) is 1.93. The first kappa shape index (κ1) is 13.3. The minimum atomic E-state index is -0.450. The molecule has 0 aliphatic carbocycles. The molecule has 0 aliphatic heterocycles. The molecule has 19 heavy (non-hydrogen) atoms. The van der Waals surface area contributed by atoms with Gasteiger partial charge in [0.1, 0.15) is 0 Å². The number of primary amides is 1. The fourth-order valence-electron chi connectivity index (χ4n) is 1.93. The van der Waals surface area contributed by atoms with E-state index in [9.17, 15) is 4.79 Å². The van der Waals surface area contributed by atoms with Crippen molar-refractivity contribution in [3.8, 4) is 11.3 Å². The number of carbonyl (C=O) groups is 1. The van der Waals surface area contributed by atoms with Gasteiger partial charge in [0, 0.05) is 11.8 Å². The molecule has 98 valence electrons. The fraction of sp³-hybridized carbons (Fsp3) is 0.250. The number of amides is 1. The summed E-state index contributed by atoms with van der Waals surface area (Å²) in [4.78, 5) is 15.2. The summed E-state index contributed by atoms with van der Waals surface area (Å²) < 4.78 is 0. The monoisotopic (exact) mass is 254 g/mol. The third kappa shape index (κ3) is 3.41. The maximum Gasteiger partial charge on any atom is 0.250 e. The zero-order valence-electron chi connectivity index (χ0n) is 11.1. The van der Waals surface area contributed by atoms with Gasteiger partial charge in [-0.3, -0.25) is 9.78 Å². The first-order chi connectivity index (χ1) is 9.20. The van der Waals surface area contributed by atoms with Crippen LogP contribution < -0.4 is 5.73 Å². The molecule has 0 unspecified atom stereocenters. The second-order valence-corrected chi connectivity index (χ2v) is 4.60. The lowest BCUT2D eigenvalue weighted by Gasteiger charge is -2.04. The van der Waals surface area contributed by atoms with Crippen molar-refractivity contribution in [2.24, 2.45) is 5.73 Å². The molecule has 1 aromatic heterocycles. The molecule has 0 saturated heterocycles. The number of carbonyl (C=O) groups excluding carboxylic acids is 1. The first-order valence-corrected chi connectivity index (χ1v) is 6.56. The number of aryl methyl sites for hydroxylation is 1. The topological polar surface area (TPSA) is 56.0 Å². The predicted octanol–water partition coefficient (Wildman–Crippen LogP) is 3.19. The molecule has 0 saturated carbocycles. The van der Waals surface area contributed by atoms with Crippen molar-refractivity contribution in [3.63, 3.8) is 0 Å². The van der Waals surface area contributed by atoms with Gasteiger partial charge in [-0.15, -0.1) is 0 Å². The van der Waals surface area contributed by atoms with Crippen molar-refractivity contribution in [1.29, 1.82) is 0 Å². The molecule has 0 bridgehead atoms. The van der Waals surface area contributed by atoms with E-state index in [-0.39, 0.29) is 0 Å². The maximum atomic E-state index is 11.0. The van der Waals surface area contributed by atoms with Gasteiger partial charge in [-0.1, -0.05) is 37.6 Å². The van der Waals surface area contributed by atoms with Crippen LogP contribution in [0.5, 0.6) is 0 Å². The third-order valence-electron chi connectivity index (χ3n) is 3.12. The van der Waals surface area contributed by atoms with E-state index in [2.05, 4.69) is 36.2 Å². The number of nitrogens with zero attached hydrogens (tertiary/aromatic N) is 1. The summed E-state index contributed by atoms with van der Waals surface area (Å²) in [6.07, 6.45) is 5.05. The van der Waals surface area contributed by atoms with E-state index in [4.69, 9.17) is 5.73 Å². The summed E-state index contributed by atoms with van der Waals surface area (Å²) >= 11 is 0. The smallest absolute Gasteiger partial charge is 0.250 e. The summed E-state index contributed by atoms with van der Waals surface area (Å²) in [6, 6.07) is 11.9. The lowest BCUT2D eigenvalue weighted by molar-refractivity contribution is 0.1000. The van der Waals surface area contributed by atoms with Crippen LogP contribution in [0.1, 0.15) is 35.7 Å². The Hall–Kier alpha value is -2.16. The number of pyridine rings is 1. The van der Waals surface area contributed by atoms with Crippen LogP contribution in [0, 0.1) is 0 Å². The van der Waals surface area contributed by atoms with Gasteiger partial charge < -0.3 is 5.73 Å².